The summed E-state index contributed by atoms with van der Waals surface area (Å²) in [5, 5.41) is 5.53. The van der Waals surface area contributed by atoms with Crippen molar-refractivity contribution < 1.29 is 33.4 Å². The van der Waals surface area contributed by atoms with E-state index in [9.17, 15) is 19.2 Å². The lowest BCUT2D eigenvalue weighted by Gasteiger charge is -2.27. The first-order chi connectivity index (χ1) is 20.2. The van der Waals surface area contributed by atoms with Gasteiger partial charge in [0.25, 0.3) is 17.7 Å². The van der Waals surface area contributed by atoms with Crippen molar-refractivity contribution in [2.45, 2.75) is 20.3 Å². The van der Waals surface area contributed by atoms with Gasteiger partial charge in [0, 0.05) is 11.8 Å². The Morgan fingerprint density at radius 3 is 2.36 bits per heavy atom. The Balaban J connectivity index is 1.45. The highest BCUT2D eigenvalue weighted by Gasteiger charge is 2.37. The van der Waals surface area contributed by atoms with Gasteiger partial charge in [-0.1, -0.05) is 42.3 Å². The van der Waals surface area contributed by atoms with Gasteiger partial charge in [0.05, 0.1) is 28.9 Å². The average molecular weight is 612 g/mol. The van der Waals surface area contributed by atoms with Crippen molar-refractivity contribution in [3.8, 4) is 17.2 Å². The standard InChI is InChI=1S/C30H27Cl2N3O7/c1-3-13-41-25-12-8-20(16-26(25)40-4-2)35-29(38)22(28(37)34-30(35)39)14-18-5-9-21(10-6-18)42-17-27(36)33-19-7-11-23(31)24(32)15-19/h5-12,14-16H,3-4,13,17H2,1-2H3,(H,33,36)(H,34,37,39)/b22-14+. The van der Waals surface area contributed by atoms with E-state index in [1.807, 2.05) is 6.92 Å². The Bertz CT molecular complexity index is 1540. The molecule has 1 saturated heterocycles. The Kier molecular flexibility index (Phi) is 10.1. The van der Waals surface area contributed by atoms with Gasteiger partial charge in [-0.25, -0.2) is 9.69 Å². The van der Waals surface area contributed by atoms with Crippen LogP contribution in [-0.2, 0) is 14.4 Å². The van der Waals surface area contributed by atoms with Crippen LogP contribution in [0.5, 0.6) is 17.2 Å². The van der Waals surface area contributed by atoms with Gasteiger partial charge in [-0.15, -0.1) is 0 Å². The fourth-order valence-electron chi connectivity index (χ4n) is 3.87. The maximum Gasteiger partial charge on any atom is 0.335 e. The Morgan fingerprint density at radius 2 is 1.67 bits per heavy atom. The van der Waals surface area contributed by atoms with Crippen molar-refractivity contribution in [3.63, 3.8) is 0 Å². The predicted molar refractivity (Wildman–Crippen MR) is 159 cm³/mol. The van der Waals surface area contributed by atoms with Crippen molar-refractivity contribution in [2.75, 3.05) is 30.0 Å². The maximum atomic E-state index is 13.3. The molecule has 1 aliphatic heterocycles. The number of hydrogen-bond acceptors (Lipinski definition) is 7. The molecule has 1 fully saturated rings. The lowest BCUT2D eigenvalue weighted by Crippen LogP contribution is -2.54. The van der Waals surface area contributed by atoms with E-state index >= 15 is 0 Å². The molecule has 10 nitrogen and oxygen atoms in total. The van der Waals surface area contributed by atoms with Gasteiger partial charge >= 0.3 is 6.03 Å². The van der Waals surface area contributed by atoms with Crippen LogP contribution in [0.15, 0.2) is 66.2 Å². The molecule has 0 spiro atoms. The Labute approximate surface area is 252 Å². The van der Waals surface area contributed by atoms with Crippen LogP contribution in [0.2, 0.25) is 10.0 Å². The van der Waals surface area contributed by atoms with E-state index in [4.69, 9.17) is 37.4 Å². The van der Waals surface area contributed by atoms with Gasteiger partial charge in [0.2, 0.25) is 0 Å². The molecule has 12 heteroatoms. The molecule has 0 atom stereocenters. The number of benzene rings is 3. The minimum Gasteiger partial charge on any atom is -0.490 e. The van der Waals surface area contributed by atoms with Crippen LogP contribution in [0.3, 0.4) is 0 Å². The number of amides is 5. The van der Waals surface area contributed by atoms with Crippen molar-refractivity contribution in [2.24, 2.45) is 0 Å². The summed E-state index contributed by atoms with van der Waals surface area (Å²) >= 11 is 11.8. The molecule has 5 amide bonds. The molecule has 0 aliphatic carbocycles. The van der Waals surface area contributed by atoms with E-state index in [0.717, 1.165) is 11.3 Å². The van der Waals surface area contributed by atoms with Gasteiger partial charge < -0.3 is 19.5 Å². The number of nitrogens with zero attached hydrogens (tertiary/aromatic N) is 1. The maximum absolute atomic E-state index is 13.3. The highest BCUT2D eigenvalue weighted by Crippen LogP contribution is 2.34. The summed E-state index contributed by atoms with van der Waals surface area (Å²) in [5.74, 6) is -0.806. The summed E-state index contributed by atoms with van der Waals surface area (Å²) in [4.78, 5) is 51.7. The van der Waals surface area contributed by atoms with E-state index < -0.39 is 23.8 Å². The molecular formula is C30H27Cl2N3O7. The minimum atomic E-state index is -0.880. The van der Waals surface area contributed by atoms with Crippen LogP contribution in [0.1, 0.15) is 25.8 Å². The number of urea groups is 1. The zero-order chi connectivity index (χ0) is 30.2. The highest BCUT2D eigenvalue weighted by atomic mass is 35.5. The smallest absolute Gasteiger partial charge is 0.335 e. The third-order valence-electron chi connectivity index (χ3n) is 5.81. The molecule has 0 saturated carbocycles. The summed E-state index contributed by atoms with van der Waals surface area (Å²) < 4.78 is 16.9. The zero-order valence-corrected chi connectivity index (χ0v) is 24.3. The first-order valence-corrected chi connectivity index (χ1v) is 13.7. The Morgan fingerprint density at radius 1 is 0.905 bits per heavy atom. The molecular weight excluding hydrogens is 585 g/mol. The molecule has 3 aromatic carbocycles. The lowest BCUT2D eigenvalue weighted by molar-refractivity contribution is -0.122. The van der Waals surface area contributed by atoms with E-state index in [0.29, 0.717) is 51.8 Å². The van der Waals surface area contributed by atoms with Crippen LogP contribution in [0.4, 0.5) is 16.2 Å². The van der Waals surface area contributed by atoms with Crippen molar-refractivity contribution in [1.82, 2.24) is 5.32 Å². The highest BCUT2D eigenvalue weighted by molar-refractivity contribution is 6.42. The van der Waals surface area contributed by atoms with Crippen LogP contribution in [0, 0.1) is 0 Å². The molecule has 0 unspecified atom stereocenters. The summed E-state index contributed by atoms with van der Waals surface area (Å²) in [6.45, 7) is 4.32. The molecule has 42 heavy (non-hydrogen) atoms. The van der Waals surface area contributed by atoms with Gasteiger partial charge in [-0.3, -0.25) is 19.7 Å². The number of halogens is 2. The molecule has 4 rings (SSSR count). The number of ether oxygens (including phenoxy) is 3. The zero-order valence-electron chi connectivity index (χ0n) is 22.7. The molecule has 0 aromatic heterocycles. The van der Waals surface area contributed by atoms with Crippen molar-refractivity contribution in [3.05, 3.63) is 81.8 Å². The van der Waals surface area contributed by atoms with E-state index in [2.05, 4.69) is 10.6 Å². The number of carbonyl (C=O) groups is 4. The summed E-state index contributed by atoms with van der Waals surface area (Å²) in [6.07, 6.45) is 2.15. The van der Waals surface area contributed by atoms with Crippen LogP contribution in [-0.4, -0.2) is 43.6 Å². The molecule has 0 bridgehead atoms. The quantitative estimate of drug-likeness (QED) is 0.205. The van der Waals surface area contributed by atoms with Crippen LogP contribution >= 0.6 is 23.2 Å². The number of imide groups is 2. The van der Waals surface area contributed by atoms with E-state index in [1.165, 1.54) is 18.2 Å². The second-order valence-corrected chi connectivity index (χ2v) is 9.72. The SMILES string of the molecule is CCCOc1ccc(N2C(=O)NC(=O)/C(=C\c3ccc(OCC(=O)Nc4ccc(Cl)c(Cl)c4)cc3)C2=O)cc1OCC. The fraction of sp³-hybridized carbons (Fsp3) is 0.200. The third-order valence-corrected chi connectivity index (χ3v) is 6.55. The predicted octanol–water partition coefficient (Wildman–Crippen LogP) is 5.86. The summed E-state index contributed by atoms with van der Waals surface area (Å²) in [6, 6.07) is 14.9. The second-order valence-electron chi connectivity index (χ2n) is 8.91. The lowest BCUT2D eigenvalue weighted by atomic mass is 10.1. The molecule has 3 aromatic rings. The molecule has 0 radical (unpaired) electrons. The number of anilines is 2. The number of nitrogens with one attached hydrogen (secondary N) is 2. The van der Waals surface area contributed by atoms with Crippen LogP contribution in [0.25, 0.3) is 6.08 Å². The summed E-state index contributed by atoms with van der Waals surface area (Å²) in [5.41, 5.74) is 0.936. The number of hydrogen-bond donors (Lipinski definition) is 2. The van der Waals surface area contributed by atoms with Crippen molar-refractivity contribution in [1.29, 1.82) is 0 Å². The molecule has 1 heterocycles. The first kappa shape index (κ1) is 30.4. The summed E-state index contributed by atoms with van der Waals surface area (Å²) in [7, 11) is 0. The average Bonchev–Trinajstić information content (AvgIpc) is 2.96. The van der Waals surface area contributed by atoms with Gasteiger partial charge in [0.1, 0.15) is 11.3 Å². The Hall–Kier alpha value is -4.54. The molecule has 2 N–H and O–H groups in total. The van der Waals surface area contributed by atoms with Crippen molar-refractivity contribution >= 4 is 64.4 Å². The van der Waals surface area contributed by atoms with Gasteiger partial charge in [-0.2, -0.15) is 0 Å². The van der Waals surface area contributed by atoms with E-state index in [-0.39, 0.29) is 17.9 Å². The van der Waals surface area contributed by atoms with Crippen LogP contribution < -0.4 is 29.7 Å². The second kappa shape index (κ2) is 13.9. The number of rotatable bonds is 11. The number of carbonyl (C=O) groups excluding carboxylic acids is 4. The first-order valence-electron chi connectivity index (χ1n) is 13.0. The minimum absolute atomic E-state index is 0.214. The molecule has 1 aliphatic rings. The number of barbiturate groups is 1. The topological polar surface area (TPSA) is 123 Å². The molecule has 218 valence electrons. The third kappa shape index (κ3) is 7.39. The van der Waals surface area contributed by atoms with E-state index in [1.54, 1.807) is 55.5 Å². The largest absolute Gasteiger partial charge is 0.490 e. The monoisotopic (exact) mass is 611 g/mol. The fourth-order valence-corrected chi connectivity index (χ4v) is 4.17. The van der Waals surface area contributed by atoms with Gasteiger partial charge in [0.15, 0.2) is 18.1 Å². The normalized spacial score (nSPS) is 14.0. The van der Waals surface area contributed by atoms with Gasteiger partial charge in [-0.05, 0) is 67.4 Å².